The van der Waals surface area contributed by atoms with Gasteiger partial charge in [0.2, 0.25) is 15.9 Å². The summed E-state index contributed by atoms with van der Waals surface area (Å²) in [7, 11) is -3.67. The van der Waals surface area contributed by atoms with E-state index >= 15 is 0 Å². The van der Waals surface area contributed by atoms with E-state index < -0.39 is 10.0 Å². The Bertz CT molecular complexity index is 1250. The van der Waals surface area contributed by atoms with Crippen molar-refractivity contribution >= 4 is 44.4 Å². The summed E-state index contributed by atoms with van der Waals surface area (Å²) in [6.07, 6.45) is 3.87. The van der Waals surface area contributed by atoms with Gasteiger partial charge in [-0.25, -0.2) is 13.1 Å². The van der Waals surface area contributed by atoms with Crippen molar-refractivity contribution in [2.24, 2.45) is 5.92 Å². The fourth-order valence-corrected chi connectivity index (χ4v) is 5.98. The molecule has 1 aliphatic heterocycles. The fraction of sp³-hybridized carbons (Fsp3) is 0.435. The lowest BCUT2D eigenvalue weighted by Crippen LogP contribution is -2.41. The molecule has 10 heteroatoms. The van der Waals surface area contributed by atoms with Gasteiger partial charge in [0.1, 0.15) is 5.52 Å². The highest BCUT2D eigenvalue weighted by atomic mass is 32.2. The standard InChI is InChI=1S/C23H29N5O3S2/c1-4-16(2)28-22-9-8-20(15-21(22)25-26-28)33(30,31)27-12-10-17(11-13-27)23(29)24-18-6-5-7-19(14-18)32-3/h5-9,14-17H,4,10-13H2,1-3H3,(H,24,29)/t16-/m0/s1. The van der Waals surface area contributed by atoms with Crippen molar-refractivity contribution < 1.29 is 13.2 Å². The summed E-state index contributed by atoms with van der Waals surface area (Å²) in [5, 5.41) is 11.3. The SMILES string of the molecule is CC[C@H](C)n1nnc2cc(S(=O)(=O)N3CCC(C(=O)Nc4cccc(SC)c4)CC3)ccc21. The van der Waals surface area contributed by atoms with Gasteiger partial charge in [-0.05, 0) is 68.8 Å². The van der Waals surface area contributed by atoms with Crippen LogP contribution in [0.3, 0.4) is 0 Å². The third-order valence-electron chi connectivity index (χ3n) is 6.25. The number of fused-ring (bicyclic) bond motifs is 1. The fourth-order valence-electron chi connectivity index (χ4n) is 4.03. The van der Waals surface area contributed by atoms with Gasteiger partial charge in [0, 0.05) is 29.6 Å². The highest BCUT2D eigenvalue weighted by Crippen LogP contribution is 2.28. The third-order valence-corrected chi connectivity index (χ3v) is 8.87. The highest BCUT2D eigenvalue weighted by Gasteiger charge is 2.32. The first-order chi connectivity index (χ1) is 15.8. The molecule has 1 aromatic heterocycles. The van der Waals surface area contributed by atoms with Crippen LogP contribution in [0.1, 0.15) is 39.2 Å². The van der Waals surface area contributed by atoms with Crippen LogP contribution >= 0.6 is 11.8 Å². The lowest BCUT2D eigenvalue weighted by atomic mass is 9.97. The van der Waals surface area contributed by atoms with Crippen LogP contribution in [-0.4, -0.2) is 53.0 Å². The summed E-state index contributed by atoms with van der Waals surface area (Å²) in [5.74, 6) is -0.277. The Hall–Kier alpha value is -2.43. The van der Waals surface area contributed by atoms with E-state index in [-0.39, 0.29) is 22.8 Å². The second-order valence-corrected chi connectivity index (χ2v) is 11.2. The van der Waals surface area contributed by atoms with E-state index in [4.69, 9.17) is 0 Å². The van der Waals surface area contributed by atoms with E-state index in [0.29, 0.717) is 31.4 Å². The predicted molar refractivity (Wildman–Crippen MR) is 131 cm³/mol. The lowest BCUT2D eigenvalue weighted by Gasteiger charge is -2.30. The number of nitrogens with zero attached hydrogens (tertiary/aromatic N) is 4. The maximum Gasteiger partial charge on any atom is 0.243 e. The molecule has 1 fully saturated rings. The first kappa shape index (κ1) is 23.7. The number of hydrogen-bond donors (Lipinski definition) is 1. The van der Waals surface area contributed by atoms with Gasteiger partial charge in [-0.2, -0.15) is 4.31 Å². The zero-order valence-corrected chi connectivity index (χ0v) is 20.7. The molecule has 0 bridgehead atoms. The number of carbonyl (C=O) groups excluding carboxylic acids is 1. The van der Waals surface area contributed by atoms with E-state index in [9.17, 15) is 13.2 Å². The number of thioether (sulfide) groups is 1. The number of rotatable bonds is 7. The molecule has 0 aliphatic carbocycles. The van der Waals surface area contributed by atoms with Gasteiger partial charge in [0.15, 0.2) is 0 Å². The second kappa shape index (κ2) is 9.82. The summed E-state index contributed by atoms with van der Waals surface area (Å²) in [6.45, 7) is 4.74. The Balaban J connectivity index is 1.42. The van der Waals surface area contributed by atoms with Crippen LogP contribution in [0, 0.1) is 5.92 Å². The molecule has 2 aromatic carbocycles. The van der Waals surface area contributed by atoms with Gasteiger partial charge >= 0.3 is 0 Å². The molecular weight excluding hydrogens is 458 g/mol. The maximum absolute atomic E-state index is 13.2. The van der Waals surface area contributed by atoms with Gasteiger partial charge in [-0.3, -0.25) is 4.79 Å². The number of piperidine rings is 1. The Morgan fingerprint density at radius 1 is 1.21 bits per heavy atom. The quantitative estimate of drug-likeness (QED) is 0.503. The molecule has 33 heavy (non-hydrogen) atoms. The van der Waals surface area contributed by atoms with Crippen LogP contribution in [-0.2, 0) is 14.8 Å². The summed E-state index contributed by atoms with van der Waals surface area (Å²) >= 11 is 1.62. The molecule has 176 valence electrons. The summed E-state index contributed by atoms with van der Waals surface area (Å²) in [6, 6.07) is 12.9. The minimum absolute atomic E-state index is 0.0617. The zero-order chi connectivity index (χ0) is 23.6. The van der Waals surface area contributed by atoms with Crippen molar-refractivity contribution in [2.75, 3.05) is 24.7 Å². The molecular formula is C23H29N5O3S2. The third kappa shape index (κ3) is 4.92. The predicted octanol–water partition coefficient (Wildman–Crippen LogP) is 4.16. The van der Waals surface area contributed by atoms with E-state index in [1.807, 2.05) is 35.2 Å². The molecule has 1 aliphatic rings. The summed E-state index contributed by atoms with van der Waals surface area (Å²) in [5.41, 5.74) is 2.16. The highest BCUT2D eigenvalue weighted by molar-refractivity contribution is 7.98. The maximum atomic E-state index is 13.2. The molecule has 4 rings (SSSR count). The normalized spacial score (nSPS) is 16.7. The Kier molecular flexibility index (Phi) is 7.06. The smallest absolute Gasteiger partial charge is 0.243 e. The van der Waals surface area contributed by atoms with Crippen molar-refractivity contribution in [3.63, 3.8) is 0 Å². The second-order valence-electron chi connectivity index (χ2n) is 8.34. The topological polar surface area (TPSA) is 97.2 Å². The first-order valence-electron chi connectivity index (χ1n) is 11.1. The van der Waals surface area contributed by atoms with E-state index in [1.165, 1.54) is 4.31 Å². The van der Waals surface area contributed by atoms with Crippen molar-refractivity contribution in [2.45, 2.75) is 48.9 Å². The largest absolute Gasteiger partial charge is 0.326 e. The number of aromatic nitrogens is 3. The zero-order valence-electron chi connectivity index (χ0n) is 19.1. The Morgan fingerprint density at radius 3 is 2.67 bits per heavy atom. The molecule has 8 nitrogen and oxygen atoms in total. The molecule has 0 spiro atoms. The van der Waals surface area contributed by atoms with Crippen molar-refractivity contribution in [1.82, 2.24) is 19.3 Å². The van der Waals surface area contributed by atoms with Crippen LogP contribution in [0.25, 0.3) is 11.0 Å². The Morgan fingerprint density at radius 2 is 1.97 bits per heavy atom. The molecule has 1 atom stereocenters. The molecule has 1 N–H and O–H groups in total. The van der Waals surface area contributed by atoms with E-state index in [0.717, 1.165) is 22.5 Å². The van der Waals surface area contributed by atoms with Crippen LogP contribution in [0.5, 0.6) is 0 Å². The molecule has 3 aromatic rings. The average Bonchev–Trinajstić information content (AvgIpc) is 3.27. The Labute approximate surface area is 198 Å². The minimum Gasteiger partial charge on any atom is -0.326 e. The van der Waals surface area contributed by atoms with Gasteiger partial charge in [0.05, 0.1) is 16.5 Å². The molecule has 1 amide bonds. The van der Waals surface area contributed by atoms with Gasteiger partial charge in [-0.1, -0.05) is 18.2 Å². The van der Waals surface area contributed by atoms with Gasteiger partial charge in [-0.15, -0.1) is 16.9 Å². The molecule has 1 saturated heterocycles. The molecule has 0 unspecified atom stereocenters. The van der Waals surface area contributed by atoms with Crippen molar-refractivity contribution in [1.29, 1.82) is 0 Å². The minimum atomic E-state index is -3.67. The van der Waals surface area contributed by atoms with Crippen molar-refractivity contribution in [3.05, 3.63) is 42.5 Å². The number of carbonyl (C=O) groups is 1. The molecule has 2 heterocycles. The number of hydrogen-bond acceptors (Lipinski definition) is 6. The van der Waals surface area contributed by atoms with E-state index in [1.54, 1.807) is 30.0 Å². The summed E-state index contributed by atoms with van der Waals surface area (Å²) in [4.78, 5) is 14.0. The number of nitrogens with one attached hydrogen (secondary N) is 1. The van der Waals surface area contributed by atoms with Crippen LogP contribution in [0.15, 0.2) is 52.3 Å². The molecule has 0 radical (unpaired) electrons. The summed E-state index contributed by atoms with van der Waals surface area (Å²) < 4.78 is 29.8. The van der Waals surface area contributed by atoms with Crippen LogP contribution < -0.4 is 5.32 Å². The van der Waals surface area contributed by atoms with Crippen molar-refractivity contribution in [3.8, 4) is 0 Å². The lowest BCUT2D eigenvalue weighted by molar-refractivity contribution is -0.120. The molecule has 0 saturated carbocycles. The van der Waals surface area contributed by atoms with Crippen LogP contribution in [0.2, 0.25) is 0 Å². The van der Waals surface area contributed by atoms with E-state index in [2.05, 4.69) is 29.5 Å². The van der Waals surface area contributed by atoms with Gasteiger partial charge < -0.3 is 5.32 Å². The van der Waals surface area contributed by atoms with Crippen LogP contribution in [0.4, 0.5) is 5.69 Å². The number of anilines is 1. The number of benzene rings is 2. The van der Waals surface area contributed by atoms with Gasteiger partial charge in [0.25, 0.3) is 0 Å². The average molecular weight is 488 g/mol. The number of sulfonamides is 1. The number of amides is 1. The first-order valence-corrected chi connectivity index (χ1v) is 13.8. The monoisotopic (exact) mass is 487 g/mol.